The van der Waals surface area contributed by atoms with E-state index >= 15 is 0 Å². The fraction of sp³-hybridized carbons (Fsp3) is 0.312. The molecule has 5 heteroatoms. The summed E-state index contributed by atoms with van der Waals surface area (Å²) in [6, 6.07) is 8.24. The van der Waals surface area contributed by atoms with Crippen LogP contribution in [0.5, 0.6) is 5.75 Å². The zero-order valence-electron chi connectivity index (χ0n) is 12.3. The number of benzene rings is 1. The molecule has 0 fully saturated rings. The summed E-state index contributed by atoms with van der Waals surface area (Å²) in [5, 5.41) is 17.9. The van der Waals surface area contributed by atoms with Gasteiger partial charge in [-0.05, 0) is 49.6 Å². The smallest absolute Gasteiger partial charge is 0.173 e. The van der Waals surface area contributed by atoms with Crippen LogP contribution in [-0.4, -0.2) is 23.9 Å². The van der Waals surface area contributed by atoms with Crippen LogP contribution in [-0.2, 0) is 6.42 Å². The topological polar surface area (TPSA) is 62.0 Å². The summed E-state index contributed by atoms with van der Waals surface area (Å²) < 4.78 is 5.26. The maximum absolute atomic E-state index is 9.45. The first-order valence-corrected chi connectivity index (χ1v) is 6.84. The maximum Gasteiger partial charge on any atom is 0.173 e. The number of rotatable bonds is 2. The van der Waals surface area contributed by atoms with Crippen LogP contribution in [0.15, 0.2) is 18.2 Å². The Labute approximate surface area is 123 Å². The molecule has 0 saturated carbocycles. The third-order valence-electron chi connectivity index (χ3n) is 3.99. The number of aryl methyl sites for hydroxylation is 1. The Balaban J connectivity index is 2.10. The van der Waals surface area contributed by atoms with Gasteiger partial charge < -0.3 is 9.64 Å². The van der Waals surface area contributed by atoms with Gasteiger partial charge in [-0.3, -0.25) is 0 Å². The van der Waals surface area contributed by atoms with Crippen molar-refractivity contribution in [2.24, 2.45) is 0 Å². The van der Waals surface area contributed by atoms with Gasteiger partial charge in [0, 0.05) is 12.2 Å². The number of hydrogen-bond donors (Lipinski definition) is 0. The SMILES string of the molecule is COc1ccc2c(c1)CCN2c1nnc(C)c(C)c1C#N. The molecule has 0 bridgehead atoms. The van der Waals surface area contributed by atoms with Crippen LogP contribution >= 0.6 is 0 Å². The Morgan fingerprint density at radius 2 is 2.10 bits per heavy atom. The van der Waals surface area contributed by atoms with E-state index in [-0.39, 0.29) is 0 Å². The van der Waals surface area contributed by atoms with Crippen molar-refractivity contribution in [3.05, 3.63) is 40.6 Å². The summed E-state index contributed by atoms with van der Waals surface area (Å²) in [6.45, 7) is 4.58. The number of nitriles is 1. The summed E-state index contributed by atoms with van der Waals surface area (Å²) in [4.78, 5) is 2.06. The minimum Gasteiger partial charge on any atom is -0.497 e. The molecule has 0 aliphatic carbocycles. The van der Waals surface area contributed by atoms with Crippen molar-refractivity contribution < 1.29 is 4.74 Å². The molecule has 5 nitrogen and oxygen atoms in total. The van der Waals surface area contributed by atoms with Gasteiger partial charge in [-0.25, -0.2) is 0 Å². The Kier molecular flexibility index (Phi) is 3.22. The number of aromatic nitrogens is 2. The summed E-state index contributed by atoms with van der Waals surface area (Å²) in [5.41, 5.74) is 4.57. The summed E-state index contributed by atoms with van der Waals surface area (Å²) in [6.07, 6.45) is 0.909. The van der Waals surface area contributed by atoms with E-state index in [2.05, 4.69) is 21.2 Å². The molecule has 1 aromatic heterocycles. The molecule has 0 saturated heterocycles. The highest BCUT2D eigenvalue weighted by Gasteiger charge is 2.25. The molecule has 1 aliphatic rings. The second-order valence-electron chi connectivity index (χ2n) is 5.12. The van der Waals surface area contributed by atoms with Crippen LogP contribution in [0.2, 0.25) is 0 Å². The van der Waals surface area contributed by atoms with Crippen LogP contribution in [0, 0.1) is 25.2 Å². The molecule has 1 aliphatic heterocycles. The lowest BCUT2D eigenvalue weighted by Gasteiger charge is -2.20. The Morgan fingerprint density at radius 1 is 1.29 bits per heavy atom. The fourth-order valence-electron chi connectivity index (χ4n) is 2.64. The monoisotopic (exact) mass is 280 g/mol. The highest BCUT2D eigenvalue weighted by Crippen LogP contribution is 2.37. The average molecular weight is 280 g/mol. The van der Waals surface area contributed by atoms with Crippen molar-refractivity contribution in [3.8, 4) is 11.8 Å². The van der Waals surface area contributed by atoms with Gasteiger partial charge in [-0.2, -0.15) is 10.4 Å². The standard InChI is InChI=1S/C16H16N4O/c1-10-11(2)18-19-16(14(10)9-17)20-7-6-12-8-13(21-3)4-5-15(12)20/h4-5,8H,6-7H2,1-3H3. The normalized spacial score (nSPS) is 13.0. The quantitative estimate of drug-likeness (QED) is 0.846. The van der Waals surface area contributed by atoms with Crippen molar-refractivity contribution in [1.82, 2.24) is 10.2 Å². The molecule has 106 valence electrons. The number of fused-ring (bicyclic) bond motifs is 1. The van der Waals surface area contributed by atoms with E-state index in [0.29, 0.717) is 11.4 Å². The first kappa shape index (κ1) is 13.4. The van der Waals surface area contributed by atoms with Crippen molar-refractivity contribution in [2.45, 2.75) is 20.3 Å². The van der Waals surface area contributed by atoms with E-state index in [1.54, 1.807) is 7.11 Å². The van der Waals surface area contributed by atoms with E-state index < -0.39 is 0 Å². The van der Waals surface area contributed by atoms with Gasteiger partial charge in [0.05, 0.1) is 12.8 Å². The number of nitrogens with zero attached hydrogens (tertiary/aromatic N) is 4. The number of anilines is 2. The highest BCUT2D eigenvalue weighted by molar-refractivity contribution is 5.72. The van der Waals surface area contributed by atoms with Gasteiger partial charge >= 0.3 is 0 Å². The van der Waals surface area contributed by atoms with Gasteiger partial charge in [0.2, 0.25) is 0 Å². The molecule has 0 amide bonds. The van der Waals surface area contributed by atoms with Crippen molar-refractivity contribution in [3.63, 3.8) is 0 Å². The molecule has 2 heterocycles. The van der Waals surface area contributed by atoms with E-state index in [0.717, 1.165) is 35.7 Å². The largest absolute Gasteiger partial charge is 0.497 e. The van der Waals surface area contributed by atoms with Crippen molar-refractivity contribution in [2.75, 3.05) is 18.6 Å². The molecule has 3 rings (SSSR count). The van der Waals surface area contributed by atoms with E-state index in [9.17, 15) is 5.26 Å². The molecular weight excluding hydrogens is 264 g/mol. The van der Waals surface area contributed by atoms with Gasteiger partial charge in [0.1, 0.15) is 17.4 Å². The van der Waals surface area contributed by atoms with E-state index in [4.69, 9.17) is 4.74 Å². The van der Waals surface area contributed by atoms with Gasteiger partial charge in [-0.1, -0.05) is 0 Å². The number of methoxy groups -OCH3 is 1. The minimum atomic E-state index is 0.603. The highest BCUT2D eigenvalue weighted by atomic mass is 16.5. The minimum absolute atomic E-state index is 0.603. The van der Waals surface area contributed by atoms with Gasteiger partial charge in [0.15, 0.2) is 5.82 Å². The molecule has 0 N–H and O–H groups in total. The molecule has 0 atom stereocenters. The third-order valence-corrected chi connectivity index (χ3v) is 3.99. The Hall–Kier alpha value is -2.61. The Morgan fingerprint density at radius 3 is 2.81 bits per heavy atom. The second kappa shape index (κ2) is 5.06. The lowest BCUT2D eigenvalue weighted by atomic mass is 10.1. The molecule has 0 spiro atoms. The molecule has 0 radical (unpaired) electrons. The second-order valence-corrected chi connectivity index (χ2v) is 5.12. The molecule has 1 aromatic carbocycles. The van der Waals surface area contributed by atoms with Crippen molar-refractivity contribution >= 4 is 11.5 Å². The first-order chi connectivity index (χ1) is 10.2. The molecule has 2 aromatic rings. The van der Waals surface area contributed by atoms with Crippen LogP contribution in [0.3, 0.4) is 0 Å². The maximum atomic E-state index is 9.45. The third kappa shape index (κ3) is 2.09. The van der Waals surface area contributed by atoms with Gasteiger partial charge in [-0.15, -0.1) is 5.10 Å². The zero-order valence-corrected chi connectivity index (χ0v) is 12.3. The number of hydrogen-bond acceptors (Lipinski definition) is 5. The summed E-state index contributed by atoms with van der Waals surface area (Å²) in [7, 11) is 1.66. The Bertz CT molecular complexity index is 749. The lowest BCUT2D eigenvalue weighted by Crippen LogP contribution is -2.18. The molecule has 21 heavy (non-hydrogen) atoms. The van der Waals surface area contributed by atoms with Crippen LogP contribution in [0.1, 0.15) is 22.4 Å². The van der Waals surface area contributed by atoms with Crippen LogP contribution < -0.4 is 9.64 Å². The fourth-order valence-corrected chi connectivity index (χ4v) is 2.64. The first-order valence-electron chi connectivity index (χ1n) is 6.84. The van der Waals surface area contributed by atoms with Crippen LogP contribution in [0.25, 0.3) is 0 Å². The van der Waals surface area contributed by atoms with Crippen molar-refractivity contribution in [1.29, 1.82) is 5.26 Å². The summed E-state index contributed by atoms with van der Waals surface area (Å²) in [5.74, 6) is 1.49. The van der Waals surface area contributed by atoms with Gasteiger partial charge in [0.25, 0.3) is 0 Å². The molecule has 0 unspecified atom stereocenters. The average Bonchev–Trinajstić information content (AvgIpc) is 2.92. The van der Waals surface area contributed by atoms with E-state index in [1.165, 1.54) is 5.56 Å². The predicted octanol–water partition coefficient (Wildman–Crippen LogP) is 2.67. The summed E-state index contributed by atoms with van der Waals surface area (Å²) >= 11 is 0. The zero-order chi connectivity index (χ0) is 15.0. The van der Waals surface area contributed by atoms with Crippen LogP contribution in [0.4, 0.5) is 11.5 Å². The number of ether oxygens (including phenoxy) is 1. The lowest BCUT2D eigenvalue weighted by molar-refractivity contribution is 0.414. The van der Waals surface area contributed by atoms with E-state index in [1.807, 2.05) is 32.0 Å². The molecular formula is C16H16N4O. The predicted molar refractivity (Wildman–Crippen MR) is 79.9 cm³/mol.